The first-order valence-corrected chi connectivity index (χ1v) is 8.55. The van der Waals surface area contributed by atoms with E-state index in [1.165, 1.54) is 0 Å². The highest BCUT2D eigenvalue weighted by Crippen LogP contribution is 2.29. The number of nitrogens with zero attached hydrogens (tertiary/aromatic N) is 1. The minimum atomic E-state index is -0.215. The Morgan fingerprint density at radius 3 is 2.72 bits per heavy atom. The molecule has 2 heterocycles. The maximum atomic E-state index is 12.1. The third-order valence-electron chi connectivity index (χ3n) is 3.69. The zero-order valence-electron chi connectivity index (χ0n) is 13.8. The fraction of sp³-hybridized carbons (Fsp3) is 0.222. The monoisotopic (exact) mass is 377 g/mol. The van der Waals surface area contributed by atoms with Crippen molar-refractivity contribution >= 4 is 29.1 Å². The number of hydrogen-bond acceptors (Lipinski definition) is 3. The van der Waals surface area contributed by atoms with Gasteiger partial charge in [-0.2, -0.15) is 5.10 Å². The van der Waals surface area contributed by atoms with Crippen LogP contribution >= 0.6 is 23.2 Å². The second-order valence-electron chi connectivity index (χ2n) is 5.91. The predicted molar refractivity (Wildman–Crippen MR) is 98.1 cm³/mol. The third kappa shape index (κ3) is 4.24. The number of aryl methyl sites for hydroxylation is 1. The number of nitrogens with one attached hydrogen (secondary N) is 2. The first-order valence-electron chi connectivity index (χ1n) is 7.79. The molecule has 0 radical (unpaired) electrons. The lowest BCUT2D eigenvalue weighted by molar-refractivity contribution is 0.0934. The van der Waals surface area contributed by atoms with Gasteiger partial charge < -0.3 is 9.73 Å². The van der Waals surface area contributed by atoms with Crippen LogP contribution in [0.5, 0.6) is 0 Å². The van der Waals surface area contributed by atoms with Crippen LogP contribution in [0, 0.1) is 6.92 Å². The van der Waals surface area contributed by atoms with Crippen molar-refractivity contribution in [2.24, 2.45) is 0 Å². The van der Waals surface area contributed by atoms with Crippen molar-refractivity contribution in [2.75, 3.05) is 0 Å². The molecule has 0 unspecified atom stereocenters. The predicted octanol–water partition coefficient (Wildman–Crippen LogP) is 4.65. The highest BCUT2D eigenvalue weighted by atomic mass is 35.5. The van der Waals surface area contributed by atoms with Gasteiger partial charge in [-0.15, -0.1) is 0 Å². The summed E-state index contributed by atoms with van der Waals surface area (Å²) in [7, 11) is 0. The zero-order chi connectivity index (χ0) is 18.0. The summed E-state index contributed by atoms with van der Waals surface area (Å²) < 4.78 is 5.85. The molecule has 25 heavy (non-hydrogen) atoms. The lowest BCUT2D eigenvalue weighted by Crippen LogP contribution is -2.34. The Hall–Kier alpha value is -2.24. The molecular weight excluding hydrogens is 361 g/mol. The van der Waals surface area contributed by atoms with Gasteiger partial charge in [0.25, 0.3) is 5.91 Å². The average Bonchev–Trinajstić information content (AvgIpc) is 3.19. The van der Waals surface area contributed by atoms with Crippen molar-refractivity contribution in [3.8, 4) is 11.3 Å². The number of H-pyrrole nitrogens is 1. The highest BCUT2D eigenvalue weighted by molar-refractivity contribution is 6.42. The van der Waals surface area contributed by atoms with Crippen molar-refractivity contribution in [3.05, 3.63) is 63.6 Å². The number of benzene rings is 1. The fourth-order valence-electron chi connectivity index (χ4n) is 2.48. The number of furan rings is 1. The number of rotatable bonds is 5. The summed E-state index contributed by atoms with van der Waals surface area (Å²) >= 11 is 12.0. The van der Waals surface area contributed by atoms with E-state index >= 15 is 0 Å². The maximum absolute atomic E-state index is 12.1. The minimum absolute atomic E-state index is 0.0997. The molecule has 130 valence electrons. The van der Waals surface area contributed by atoms with Crippen LogP contribution in [0.3, 0.4) is 0 Å². The minimum Gasteiger partial charge on any atom is -0.461 e. The molecule has 7 heteroatoms. The molecule has 0 aliphatic carbocycles. The second-order valence-corrected chi connectivity index (χ2v) is 6.72. The largest absolute Gasteiger partial charge is 0.461 e. The van der Waals surface area contributed by atoms with E-state index in [2.05, 4.69) is 15.5 Å². The molecule has 1 amide bonds. The summed E-state index contributed by atoms with van der Waals surface area (Å²) in [5, 5.41) is 10.6. The van der Waals surface area contributed by atoms with Gasteiger partial charge >= 0.3 is 0 Å². The molecule has 0 aliphatic rings. The van der Waals surface area contributed by atoms with Gasteiger partial charge in [0.15, 0.2) is 0 Å². The number of aromatic amines is 1. The SMILES string of the molecule is Cc1cc(C(=O)N[C@@H](C)Cc2ccc(-c3ccc(Cl)c(Cl)c3)o2)n[nH]1. The number of amides is 1. The Labute approximate surface area is 155 Å². The van der Waals surface area contributed by atoms with Gasteiger partial charge in [0.1, 0.15) is 17.2 Å². The lowest BCUT2D eigenvalue weighted by atomic mass is 10.1. The normalized spacial score (nSPS) is 12.2. The summed E-state index contributed by atoms with van der Waals surface area (Å²) in [4.78, 5) is 12.1. The summed E-state index contributed by atoms with van der Waals surface area (Å²) in [6.45, 7) is 3.76. The molecule has 3 rings (SSSR count). The standard InChI is InChI=1S/C18H17Cl2N3O2/c1-10(21-18(24)16-8-11(2)22-23-16)7-13-4-6-17(25-13)12-3-5-14(19)15(20)9-12/h3-6,8-10H,7H2,1-2H3,(H,21,24)(H,22,23)/t10-/m0/s1. The van der Waals surface area contributed by atoms with E-state index in [9.17, 15) is 4.79 Å². The first-order chi connectivity index (χ1) is 11.9. The summed E-state index contributed by atoms with van der Waals surface area (Å²) in [5.41, 5.74) is 2.07. The van der Waals surface area contributed by atoms with Crippen molar-refractivity contribution in [1.82, 2.24) is 15.5 Å². The molecular formula is C18H17Cl2N3O2. The molecule has 3 aromatic rings. The second kappa shape index (κ2) is 7.33. The van der Waals surface area contributed by atoms with Gasteiger partial charge in [-0.05, 0) is 50.2 Å². The van der Waals surface area contributed by atoms with Gasteiger partial charge in [0.2, 0.25) is 0 Å². The number of hydrogen-bond donors (Lipinski definition) is 2. The zero-order valence-corrected chi connectivity index (χ0v) is 15.3. The molecule has 0 bridgehead atoms. The number of halogens is 2. The summed E-state index contributed by atoms with van der Waals surface area (Å²) in [5.74, 6) is 1.26. The molecule has 0 fully saturated rings. The van der Waals surface area contributed by atoms with Crippen LogP contribution in [0.1, 0.15) is 28.9 Å². The highest BCUT2D eigenvalue weighted by Gasteiger charge is 2.15. The van der Waals surface area contributed by atoms with Crippen LogP contribution in [0.15, 0.2) is 40.8 Å². The van der Waals surface area contributed by atoms with Crippen LogP contribution in [-0.2, 0) is 6.42 Å². The molecule has 5 nitrogen and oxygen atoms in total. The van der Waals surface area contributed by atoms with E-state index in [0.717, 1.165) is 17.0 Å². The fourth-order valence-corrected chi connectivity index (χ4v) is 2.78. The molecule has 0 saturated carbocycles. The Bertz CT molecular complexity index is 901. The van der Waals surface area contributed by atoms with Crippen LogP contribution in [-0.4, -0.2) is 22.1 Å². The van der Waals surface area contributed by atoms with Crippen molar-refractivity contribution in [2.45, 2.75) is 26.3 Å². The van der Waals surface area contributed by atoms with Gasteiger partial charge in [0.05, 0.1) is 10.0 Å². The van der Waals surface area contributed by atoms with E-state index in [-0.39, 0.29) is 11.9 Å². The molecule has 1 atom stereocenters. The average molecular weight is 378 g/mol. The van der Waals surface area contributed by atoms with Gasteiger partial charge in [-0.3, -0.25) is 9.89 Å². The Morgan fingerprint density at radius 2 is 2.04 bits per heavy atom. The van der Waals surface area contributed by atoms with E-state index in [4.69, 9.17) is 27.6 Å². The summed E-state index contributed by atoms with van der Waals surface area (Å²) in [6, 6.07) is 10.7. The topological polar surface area (TPSA) is 70.9 Å². The number of aromatic nitrogens is 2. The van der Waals surface area contributed by atoms with Crippen LogP contribution < -0.4 is 5.32 Å². The van der Waals surface area contributed by atoms with E-state index in [1.807, 2.05) is 32.0 Å². The number of carbonyl (C=O) groups is 1. The molecule has 0 aliphatic heterocycles. The Kier molecular flexibility index (Phi) is 5.16. The maximum Gasteiger partial charge on any atom is 0.271 e. The number of carbonyl (C=O) groups excluding carboxylic acids is 1. The lowest BCUT2D eigenvalue weighted by Gasteiger charge is -2.11. The van der Waals surface area contributed by atoms with Crippen molar-refractivity contribution < 1.29 is 9.21 Å². The van der Waals surface area contributed by atoms with E-state index in [0.29, 0.717) is 27.9 Å². The van der Waals surface area contributed by atoms with Crippen LogP contribution in [0.25, 0.3) is 11.3 Å². The summed E-state index contributed by atoms with van der Waals surface area (Å²) in [6.07, 6.45) is 0.566. The van der Waals surface area contributed by atoms with Crippen molar-refractivity contribution in [3.63, 3.8) is 0 Å². The third-order valence-corrected chi connectivity index (χ3v) is 4.43. The van der Waals surface area contributed by atoms with Crippen molar-refractivity contribution in [1.29, 1.82) is 0 Å². The smallest absolute Gasteiger partial charge is 0.271 e. The van der Waals surface area contributed by atoms with E-state index in [1.54, 1.807) is 18.2 Å². The van der Waals surface area contributed by atoms with E-state index < -0.39 is 0 Å². The quantitative estimate of drug-likeness (QED) is 0.679. The molecule has 1 aromatic carbocycles. The Morgan fingerprint density at radius 1 is 1.24 bits per heavy atom. The van der Waals surface area contributed by atoms with Crippen LogP contribution in [0.2, 0.25) is 10.0 Å². The molecule has 2 aromatic heterocycles. The van der Waals surface area contributed by atoms with Crippen LogP contribution in [0.4, 0.5) is 0 Å². The Balaban J connectivity index is 1.64. The van der Waals surface area contributed by atoms with Gasteiger partial charge in [-0.25, -0.2) is 0 Å². The van der Waals surface area contributed by atoms with Gasteiger partial charge in [-0.1, -0.05) is 23.2 Å². The van der Waals surface area contributed by atoms with Gasteiger partial charge in [0, 0.05) is 23.7 Å². The molecule has 0 spiro atoms. The molecule has 0 saturated heterocycles. The first kappa shape index (κ1) is 17.6. The molecule has 2 N–H and O–H groups in total.